The number of ether oxygens (including phenoxy) is 1. The predicted octanol–water partition coefficient (Wildman–Crippen LogP) is 5.59. The van der Waals surface area contributed by atoms with Gasteiger partial charge in [0.05, 0.1) is 24.1 Å². The van der Waals surface area contributed by atoms with Crippen LogP contribution in [0.1, 0.15) is 44.2 Å². The van der Waals surface area contributed by atoms with Gasteiger partial charge in [-0.3, -0.25) is 13.9 Å². The van der Waals surface area contributed by atoms with Crippen LogP contribution in [0, 0.1) is 5.82 Å². The minimum absolute atomic E-state index is 0.0139. The Kier molecular flexibility index (Phi) is 12.4. The first-order valence-corrected chi connectivity index (χ1v) is 16.3. The summed E-state index contributed by atoms with van der Waals surface area (Å²) in [6.07, 6.45) is 2.23. The van der Waals surface area contributed by atoms with Crippen LogP contribution in [0.5, 0.6) is 5.75 Å². The Morgan fingerprint density at radius 3 is 2.28 bits per heavy atom. The highest BCUT2D eigenvalue weighted by Gasteiger charge is 2.31. The van der Waals surface area contributed by atoms with Crippen molar-refractivity contribution in [2.75, 3.05) is 24.2 Å². The molecule has 0 bridgehead atoms. The van der Waals surface area contributed by atoms with Gasteiger partial charge in [0, 0.05) is 32.0 Å². The SMILES string of the molecule is CC[C@@H](C)NC(=O)[C@H](Cc1ccccc1)N(Cc1ccc(F)cc1)C(=O)CCCN(c1ccc(OC)c(Cl)c1)S(C)(=O)=O. The molecule has 232 valence electrons. The van der Waals surface area contributed by atoms with E-state index < -0.39 is 21.9 Å². The highest BCUT2D eigenvalue weighted by Crippen LogP contribution is 2.30. The molecule has 0 spiro atoms. The van der Waals surface area contributed by atoms with Crippen LogP contribution in [0.4, 0.5) is 10.1 Å². The van der Waals surface area contributed by atoms with Gasteiger partial charge in [0.1, 0.15) is 17.6 Å². The van der Waals surface area contributed by atoms with Crippen LogP contribution in [-0.4, -0.2) is 57.1 Å². The minimum Gasteiger partial charge on any atom is -0.495 e. The molecule has 2 amide bonds. The van der Waals surface area contributed by atoms with Crippen LogP contribution in [0.25, 0.3) is 0 Å². The van der Waals surface area contributed by atoms with Crippen molar-refractivity contribution in [3.63, 3.8) is 0 Å². The van der Waals surface area contributed by atoms with Crippen molar-refractivity contribution >= 4 is 39.1 Å². The van der Waals surface area contributed by atoms with E-state index in [-0.39, 0.29) is 55.2 Å². The number of rotatable bonds is 15. The molecule has 2 atom stereocenters. The van der Waals surface area contributed by atoms with Crippen LogP contribution in [-0.2, 0) is 32.6 Å². The highest BCUT2D eigenvalue weighted by molar-refractivity contribution is 7.92. The first-order chi connectivity index (χ1) is 20.4. The second kappa shape index (κ2) is 15.7. The van der Waals surface area contributed by atoms with Gasteiger partial charge >= 0.3 is 0 Å². The number of hydrogen-bond acceptors (Lipinski definition) is 5. The van der Waals surface area contributed by atoms with E-state index in [2.05, 4.69) is 5.32 Å². The Labute approximate surface area is 258 Å². The summed E-state index contributed by atoms with van der Waals surface area (Å²) in [5.74, 6) is -0.618. The van der Waals surface area contributed by atoms with Crippen LogP contribution in [0.2, 0.25) is 5.02 Å². The second-order valence-corrected chi connectivity index (χ2v) is 12.7. The lowest BCUT2D eigenvalue weighted by molar-refractivity contribution is -0.141. The highest BCUT2D eigenvalue weighted by atomic mass is 35.5. The zero-order chi connectivity index (χ0) is 31.6. The topological polar surface area (TPSA) is 96.0 Å². The molecule has 1 N–H and O–H groups in total. The molecule has 0 aliphatic rings. The molecule has 0 aliphatic heterocycles. The molecule has 0 aromatic heterocycles. The van der Waals surface area contributed by atoms with Gasteiger partial charge in [0.15, 0.2) is 0 Å². The number of sulfonamides is 1. The van der Waals surface area contributed by atoms with Crippen LogP contribution < -0.4 is 14.4 Å². The minimum atomic E-state index is -3.70. The standard InChI is InChI=1S/C32H39ClFN3O5S/c1-5-23(2)35-32(39)29(20-24-10-7-6-8-11-24)36(22-25-13-15-26(34)16-14-25)31(38)12-9-19-37(43(4,40)41)27-17-18-30(42-3)28(33)21-27/h6-8,10-11,13-18,21,23,29H,5,9,12,19-20,22H2,1-4H3,(H,35,39)/t23-,29+/m1/s1. The van der Waals surface area contributed by atoms with E-state index in [4.69, 9.17) is 16.3 Å². The summed E-state index contributed by atoms with van der Waals surface area (Å²) in [5.41, 5.74) is 1.89. The van der Waals surface area contributed by atoms with Crippen LogP contribution >= 0.6 is 11.6 Å². The quantitative estimate of drug-likeness (QED) is 0.236. The van der Waals surface area contributed by atoms with E-state index in [9.17, 15) is 22.4 Å². The fraction of sp³-hybridized carbons (Fsp3) is 0.375. The summed E-state index contributed by atoms with van der Waals surface area (Å²) < 4.78 is 45.4. The number of carbonyl (C=O) groups is 2. The zero-order valence-corrected chi connectivity index (χ0v) is 26.5. The molecule has 3 rings (SSSR count). The Balaban J connectivity index is 1.89. The molecule has 0 aliphatic carbocycles. The fourth-order valence-corrected chi connectivity index (χ4v) is 5.81. The summed E-state index contributed by atoms with van der Waals surface area (Å²) in [5, 5.41) is 3.26. The molecule has 3 aromatic rings. The van der Waals surface area contributed by atoms with Crippen LogP contribution in [0.15, 0.2) is 72.8 Å². The number of nitrogens with zero attached hydrogens (tertiary/aromatic N) is 2. The molecule has 0 fully saturated rings. The molecule has 0 heterocycles. The molecule has 0 saturated heterocycles. The maximum atomic E-state index is 13.9. The van der Waals surface area contributed by atoms with E-state index in [0.717, 1.165) is 11.8 Å². The van der Waals surface area contributed by atoms with Gasteiger partial charge in [-0.1, -0.05) is 61.0 Å². The average molecular weight is 632 g/mol. The third-order valence-corrected chi connectivity index (χ3v) is 8.60. The lowest BCUT2D eigenvalue weighted by Gasteiger charge is -2.32. The van der Waals surface area contributed by atoms with E-state index in [0.29, 0.717) is 23.4 Å². The van der Waals surface area contributed by atoms with Crippen LogP contribution in [0.3, 0.4) is 0 Å². The molecule has 3 aromatic carbocycles. The Bertz CT molecular complexity index is 1470. The molecule has 0 saturated carbocycles. The van der Waals surface area contributed by atoms with E-state index in [1.807, 2.05) is 44.2 Å². The number of halogens is 2. The summed E-state index contributed by atoms with van der Waals surface area (Å²) in [4.78, 5) is 29.0. The summed E-state index contributed by atoms with van der Waals surface area (Å²) >= 11 is 6.25. The normalized spacial score (nSPS) is 12.7. The molecule has 0 radical (unpaired) electrons. The lowest BCUT2D eigenvalue weighted by Crippen LogP contribution is -2.52. The third-order valence-electron chi connectivity index (χ3n) is 7.11. The predicted molar refractivity (Wildman–Crippen MR) is 168 cm³/mol. The molecule has 0 unspecified atom stereocenters. The number of nitrogens with one attached hydrogen (secondary N) is 1. The number of hydrogen-bond donors (Lipinski definition) is 1. The van der Waals surface area contributed by atoms with Crippen molar-refractivity contribution in [3.05, 3.63) is 94.8 Å². The molecule has 43 heavy (non-hydrogen) atoms. The van der Waals surface area contributed by atoms with Gasteiger partial charge in [0.25, 0.3) is 0 Å². The number of benzene rings is 3. The van der Waals surface area contributed by atoms with Gasteiger partial charge in [-0.15, -0.1) is 0 Å². The van der Waals surface area contributed by atoms with Crippen molar-refractivity contribution in [1.82, 2.24) is 10.2 Å². The van der Waals surface area contributed by atoms with E-state index in [1.54, 1.807) is 24.3 Å². The molecule has 11 heteroatoms. The summed E-state index contributed by atoms with van der Waals surface area (Å²) in [6, 6.07) is 18.9. The monoisotopic (exact) mass is 631 g/mol. The Morgan fingerprint density at radius 2 is 1.70 bits per heavy atom. The van der Waals surface area contributed by atoms with Crippen molar-refractivity contribution in [2.45, 2.75) is 58.2 Å². The summed E-state index contributed by atoms with van der Waals surface area (Å²) in [6.45, 7) is 3.95. The smallest absolute Gasteiger partial charge is 0.243 e. The van der Waals surface area contributed by atoms with Crippen molar-refractivity contribution in [2.24, 2.45) is 0 Å². The Morgan fingerprint density at radius 1 is 1.02 bits per heavy atom. The number of anilines is 1. The number of carbonyl (C=O) groups excluding carboxylic acids is 2. The first-order valence-electron chi connectivity index (χ1n) is 14.1. The maximum absolute atomic E-state index is 13.9. The van der Waals surface area contributed by atoms with Gasteiger partial charge in [-0.2, -0.15) is 0 Å². The largest absolute Gasteiger partial charge is 0.495 e. The zero-order valence-electron chi connectivity index (χ0n) is 24.9. The third kappa shape index (κ3) is 9.96. The number of amides is 2. The molecule has 8 nitrogen and oxygen atoms in total. The fourth-order valence-electron chi connectivity index (χ4n) is 4.60. The van der Waals surface area contributed by atoms with Gasteiger partial charge in [-0.25, -0.2) is 12.8 Å². The Hall–Kier alpha value is -3.63. The molecular weight excluding hydrogens is 593 g/mol. The van der Waals surface area contributed by atoms with Crippen molar-refractivity contribution in [3.8, 4) is 5.75 Å². The van der Waals surface area contributed by atoms with Crippen molar-refractivity contribution in [1.29, 1.82) is 0 Å². The molecular formula is C32H39ClFN3O5S. The maximum Gasteiger partial charge on any atom is 0.243 e. The van der Waals surface area contributed by atoms with Gasteiger partial charge < -0.3 is 15.0 Å². The first kappa shape index (κ1) is 33.9. The lowest BCUT2D eigenvalue weighted by atomic mass is 10.0. The average Bonchev–Trinajstić information content (AvgIpc) is 2.97. The van der Waals surface area contributed by atoms with Crippen molar-refractivity contribution < 1.29 is 27.1 Å². The van der Waals surface area contributed by atoms with E-state index in [1.165, 1.54) is 34.5 Å². The summed E-state index contributed by atoms with van der Waals surface area (Å²) in [7, 11) is -2.24. The number of methoxy groups -OCH3 is 1. The van der Waals surface area contributed by atoms with Gasteiger partial charge in [-0.05, 0) is 61.2 Å². The second-order valence-electron chi connectivity index (χ2n) is 10.4. The van der Waals surface area contributed by atoms with Gasteiger partial charge in [0.2, 0.25) is 21.8 Å². The van der Waals surface area contributed by atoms with E-state index >= 15 is 0 Å².